The van der Waals surface area contributed by atoms with Crippen LogP contribution in [-0.2, 0) is 26.3 Å². The molecule has 4 aliphatic heterocycles. The summed E-state index contributed by atoms with van der Waals surface area (Å²) in [6, 6.07) is 16.7. The molecule has 3 N–H and O–H groups in total. The van der Waals surface area contributed by atoms with Gasteiger partial charge in [0, 0.05) is 105 Å². The predicted molar refractivity (Wildman–Crippen MR) is 242 cm³/mol. The van der Waals surface area contributed by atoms with Gasteiger partial charge in [0.2, 0.25) is 17.6 Å². The van der Waals surface area contributed by atoms with Crippen molar-refractivity contribution in [1.82, 2.24) is 29.4 Å². The fourth-order valence-corrected chi connectivity index (χ4v) is 11.3. The van der Waals surface area contributed by atoms with E-state index < -0.39 is 57.0 Å². The van der Waals surface area contributed by atoms with E-state index in [0.717, 1.165) is 78.6 Å². The van der Waals surface area contributed by atoms with E-state index >= 15 is 8.78 Å². The topological polar surface area (TPSA) is 177 Å². The summed E-state index contributed by atoms with van der Waals surface area (Å²) >= 11 is 0. The Morgan fingerprint density at radius 2 is 1.73 bits per heavy atom. The number of piperidine rings is 2. The molecule has 350 valence electrons. The summed E-state index contributed by atoms with van der Waals surface area (Å²) in [6.07, 6.45) is 6.13. The molecule has 5 aromatic rings. The summed E-state index contributed by atoms with van der Waals surface area (Å²) in [4.78, 5) is 64.6. The molecule has 5 aliphatic rings. The number of hydrogen-bond donors (Lipinski definition) is 3. The van der Waals surface area contributed by atoms with Crippen LogP contribution in [-0.4, -0.2) is 120 Å². The number of anilines is 2. The summed E-state index contributed by atoms with van der Waals surface area (Å²) in [5.41, 5.74) is 2.69. The summed E-state index contributed by atoms with van der Waals surface area (Å²) < 4.78 is 79.4. The van der Waals surface area contributed by atoms with E-state index in [2.05, 4.69) is 32.1 Å². The van der Waals surface area contributed by atoms with Gasteiger partial charge in [-0.05, 0) is 98.3 Å². The second kappa shape index (κ2) is 17.7. The van der Waals surface area contributed by atoms with Gasteiger partial charge < -0.3 is 24.4 Å². The maximum Gasteiger partial charge on any atom is 0.301 e. The van der Waals surface area contributed by atoms with Gasteiger partial charge in [-0.3, -0.25) is 29.2 Å². The predicted octanol–water partition coefficient (Wildman–Crippen LogP) is 5.96. The molecule has 0 unspecified atom stereocenters. The van der Waals surface area contributed by atoms with Crippen LogP contribution in [0.3, 0.4) is 0 Å². The molecule has 67 heavy (non-hydrogen) atoms. The molecule has 2 atom stereocenters. The second-order valence-corrected chi connectivity index (χ2v) is 20.0. The lowest BCUT2D eigenvalue weighted by Crippen LogP contribution is -2.52. The zero-order valence-corrected chi connectivity index (χ0v) is 37.5. The molecular formula is C48H49F3N8O7S. The average molecular weight is 939 g/mol. The Morgan fingerprint density at radius 1 is 0.955 bits per heavy atom. The number of nitrogens with one attached hydrogen (secondary N) is 3. The van der Waals surface area contributed by atoms with Crippen LogP contribution in [0.5, 0.6) is 5.75 Å². The highest BCUT2D eigenvalue weighted by Crippen LogP contribution is 2.36. The van der Waals surface area contributed by atoms with Crippen LogP contribution in [0.2, 0.25) is 0 Å². The highest BCUT2D eigenvalue weighted by molar-refractivity contribution is 7.90. The van der Waals surface area contributed by atoms with E-state index in [0.29, 0.717) is 52.8 Å². The third-order valence-electron chi connectivity index (χ3n) is 14.0. The van der Waals surface area contributed by atoms with Crippen molar-refractivity contribution >= 4 is 56.1 Å². The van der Waals surface area contributed by atoms with Gasteiger partial charge in [0.15, 0.2) is 5.82 Å². The van der Waals surface area contributed by atoms with Gasteiger partial charge in [0.25, 0.3) is 5.91 Å². The number of aromatic amines is 1. The lowest BCUT2D eigenvalue weighted by Gasteiger charge is -2.43. The van der Waals surface area contributed by atoms with Crippen molar-refractivity contribution in [3.05, 3.63) is 107 Å². The smallest absolute Gasteiger partial charge is 0.301 e. The second-order valence-electron chi connectivity index (χ2n) is 18.3. The van der Waals surface area contributed by atoms with Crippen molar-refractivity contribution in [2.45, 2.75) is 75.8 Å². The first-order valence-electron chi connectivity index (χ1n) is 22.6. The Labute approximate surface area is 384 Å². The minimum Gasteiger partial charge on any atom is -0.490 e. The van der Waals surface area contributed by atoms with Crippen molar-refractivity contribution in [2.75, 3.05) is 49.4 Å². The molecule has 0 spiro atoms. The van der Waals surface area contributed by atoms with Crippen LogP contribution in [0, 0.1) is 17.6 Å². The molecule has 2 aromatic heterocycles. The monoisotopic (exact) mass is 938 g/mol. The molecule has 3 amide bonds. The van der Waals surface area contributed by atoms with Crippen molar-refractivity contribution in [3.8, 4) is 16.9 Å². The highest BCUT2D eigenvalue weighted by atomic mass is 32.2. The molecule has 0 radical (unpaired) electrons. The van der Waals surface area contributed by atoms with E-state index in [1.807, 2.05) is 41.1 Å². The fraction of sp³-hybridized carbons (Fsp3) is 0.396. The largest absolute Gasteiger partial charge is 0.490 e. The van der Waals surface area contributed by atoms with Crippen molar-refractivity contribution < 1.29 is 45.5 Å². The highest BCUT2D eigenvalue weighted by Gasteiger charge is 2.40. The number of imide groups is 1. The summed E-state index contributed by atoms with van der Waals surface area (Å²) in [7, 11) is -2.18. The normalized spacial score (nSPS) is 22.6. The molecule has 3 aromatic carbocycles. The van der Waals surface area contributed by atoms with Crippen LogP contribution in [0.15, 0.2) is 73.1 Å². The van der Waals surface area contributed by atoms with E-state index in [1.165, 1.54) is 6.20 Å². The summed E-state index contributed by atoms with van der Waals surface area (Å²) in [5.74, 6) is -3.24. The van der Waals surface area contributed by atoms with Crippen LogP contribution in [0.25, 0.3) is 22.2 Å². The van der Waals surface area contributed by atoms with Crippen LogP contribution in [0.1, 0.15) is 76.8 Å². The molecule has 1 aliphatic carbocycles. The van der Waals surface area contributed by atoms with Gasteiger partial charge in [0.1, 0.15) is 35.5 Å². The number of ether oxygens (including phenoxy) is 1. The standard InChI is InChI=1S/C48H49F3N8O7S/c1-56(33-20-35(21-33)66-34-6-7-36-30(18-34)25-59(48(36)63)41-10-11-42(60)54-47(41)62)24-27-12-15-57(16-13-27)32-4-2-28(3-5-32)29-19-37-38(23-53-46(37)52-22-29)45(61)43-39(50)8-9-40(44(43)51)55-67(64,65)58-17-14-31(49)26-58/h2-9,18-19,22-23,27,31,33,35,41,55H,10-17,20-21,24-26H2,1H3,(H,52,53)(H,54,60,62)/t31-,33?,35?,41+/m1/s1. The van der Waals surface area contributed by atoms with Crippen molar-refractivity contribution in [1.29, 1.82) is 0 Å². The number of aromatic nitrogens is 2. The van der Waals surface area contributed by atoms with Gasteiger partial charge in [-0.25, -0.2) is 18.2 Å². The van der Waals surface area contributed by atoms with E-state index in [1.54, 1.807) is 23.2 Å². The third kappa shape index (κ3) is 8.75. The minimum absolute atomic E-state index is 0.00243. The number of rotatable bonds is 13. The first kappa shape index (κ1) is 44.5. The maximum atomic E-state index is 15.8. The Balaban J connectivity index is 0.713. The number of alkyl halides is 1. The minimum atomic E-state index is -4.36. The Morgan fingerprint density at radius 3 is 2.46 bits per heavy atom. The number of hydrogen-bond acceptors (Lipinski definition) is 10. The first-order chi connectivity index (χ1) is 32.2. The van der Waals surface area contributed by atoms with E-state index in [4.69, 9.17) is 4.74 Å². The number of carbonyl (C=O) groups is 4. The number of benzene rings is 3. The molecule has 0 bridgehead atoms. The number of fused-ring (bicyclic) bond motifs is 2. The maximum absolute atomic E-state index is 15.8. The molecule has 19 heteroatoms. The number of carbonyl (C=O) groups excluding carboxylic acids is 4. The number of nitrogens with zero attached hydrogens (tertiary/aromatic N) is 5. The Hall–Kier alpha value is -6.31. The van der Waals surface area contributed by atoms with E-state index in [9.17, 15) is 32.0 Å². The number of pyridine rings is 1. The molecule has 10 rings (SSSR count). The summed E-state index contributed by atoms with van der Waals surface area (Å²) in [6.45, 7) is 2.63. The van der Waals surface area contributed by atoms with E-state index in [-0.39, 0.29) is 49.4 Å². The molecule has 6 heterocycles. The number of halogens is 3. The molecular weight excluding hydrogens is 890 g/mol. The van der Waals surface area contributed by atoms with Gasteiger partial charge >= 0.3 is 10.2 Å². The Bertz CT molecular complexity index is 2900. The molecule has 3 saturated heterocycles. The molecule has 1 saturated carbocycles. The molecule has 15 nitrogen and oxygen atoms in total. The van der Waals surface area contributed by atoms with Crippen LogP contribution < -0.4 is 19.7 Å². The van der Waals surface area contributed by atoms with Gasteiger partial charge in [-0.2, -0.15) is 12.7 Å². The number of ketones is 1. The van der Waals surface area contributed by atoms with Gasteiger partial charge in [-0.1, -0.05) is 12.1 Å². The zero-order valence-electron chi connectivity index (χ0n) is 36.6. The van der Waals surface area contributed by atoms with Crippen molar-refractivity contribution in [3.63, 3.8) is 0 Å². The lowest BCUT2D eigenvalue weighted by molar-refractivity contribution is -0.136. The third-order valence-corrected chi connectivity index (χ3v) is 15.5. The van der Waals surface area contributed by atoms with Gasteiger partial charge in [-0.15, -0.1) is 0 Å². The first-order valence-corrected chi connectivity index (χ1v) is 24.0. The lowest BCUT2D eigenvalue weighted by atomic mass is 9.86. The van der Waals surface area contributed by atoms with Crippen LogP contribution in [0.4, 0.5) is 24.5 Å². The average Bonchev–Trinajstić information content (AvgIpc) is 4.03. The number of H-pyrrole nitrogens is 1. The fourth-order valence-electron chi connectivity index (χ4n) is 10.0. The van der Waals surface area contributed by atoms with Crippen molar-refractivity contribution in [2.24, 2.45) is 5.92 Å². The SMILES string of the molecule is CN(CC1CCN(c2ccc(-c3cnc4[nH]cc(C(=O)c5c(F)ccc(NS(=O)(=O)N6CC[C@@H](F)C6)c5F)c4c3)cc2)CC1)C1CC(Oc2ccc3c(c2)CN([C@H]2CCC(=O)NC2=O)C3=O)C1. The Kier molecular flexibility index (Phi) is 11.8. The summed E-state index contributed by atoms with van der Waals surface area (Å²) in [5, 5.41) is 2.67. The quantitative estimate of drug-likeness (QED) is 0.0944. The van der Waals surface area contributed by atoms with Crippen LogP contribution >= 0.6 is 0 Å². The zero-order chi connectivity index (χ0) is 46.7. The molecule has 4 fully saturated rings. The number of amides is 3. The van der Waals surface area contributed by atoms with Gasteiger partial charge in [0.05, 0.1) is 11.3 Å².